The van der Waals surface area contributed by atoms with Crippen molar-refractivity contribution in [2.24, 2.45) is 0 Å². The second kappa shape index (κ2) is 6.91. The quantitative estimate of drug-likeness (QED) is 0.365. The van der Waals surface area contributed by atoms with E-state index in [9.17, 15) is 24.9 Å². The van der Waals surface area contributed by atoms with E-state index in [-0.39, 0.29) is 23.0 Å². The zero-order valence-corrected chi connectivity index (χ0v) is 14.1. The van der Waals surface area contributed by atoms with Gasteiger partial charge in [-0.25, -0.2) is 4.79 Å². The Morgan fingerprint density at radius 3 is 2.44 bits per heavy atom. The first-order chi connectivity index (χ1) is 12.8. The normalized spacial score (nSPS) is 18.1. The summed E-state index contributed by atoms with van der Waals surface area (Å²) in [7, 11) is 1.21. The fourth-order valence-corrected chi connectivity index (χ4v) is 2.99. The predicted molar refractivity (Wildman–Crippen MR) is 92.7 cm³/mol. The van der Waals surface area contributed by atoms with Crippen molar-refractivity contribution in [1.82, 2.24) is 0 Å². The second-order valence-electron chi connectivity index (χ2n) is 5.92. The van der Waals surface area contributed by atoms with Crippen LogP contribution in [-0.4, -0.2) is 39.5 Å². The molecule has 8 nitrogen and oxygen atoms in total. The van der Waals surface area contributed by atoms with Crippen LogP contribution in [0.2, 0.25) is 0 Å². The van der Waals surface area contributed by atoms with Crippen LogP contribution in [-0.2, 0) is 14.3 Å². The molecule has 2 atom stereocenters. The first-order valence-electron chi connectivity index (χ1n) is 7.86. The van der Waals surface area contributed by atoms with Crippen LogP contribution in [0.3, 0.4) is 0 Å². The molecule has 0 aromatic heterocycles. The number of methoxy groups -OCH3 is 1. The maximum atomic E-state index is 12.4. The van der Waals surface area contributed by atoms with Crippen molar-refractivity contribution in [3.63, 3.8) is 0 Å². The zero-order chi connectivity index (χ0) is 19.7. The van der Waals surface area contributed by atoms with Crippen LogP contribution in [0.5, 0.6) is 23.0 Å². The summed E-state index contributed by atoms with van der Waals surface area (Å²) in [5.41, 5.74) is 1.07. The molecule has 0 amide bonds. The summed E-state index contributed by atoms with van der Waals surface area (Å²) >= 11 is 0. The molecule has 1 heterocycles. The van der Waals surface area contributed by atoms with Crippen LogP contribution >= 0.6 is 0 Å². The maximum absolute atomic E-state index is 12.4. The molecule has 1 aliphatic heterocycles. The summed E-state index contributed by atoms with van der Waals surface area (Å²) in [6, 6.07) is 6.82. The standard InChI is InChI=1S/C19H16O8/c1-26-19(25)16-11-6-9(2-5-15(23)24)7-14(22)18(11)27-17(16)10-3-4-12(20)13(21)8-10/h2-8,16-17,20-22H,1H3,(H,23,24)/b5-2+. The summed E-state index contributed by atoms with van der Waals surface area (Å²) in [6.45, 7) is 0. The van der Waals surface area contributed by atoms with E-state index in [2.05, 4.69) is 0 Å². The number of hydrogen-bond acceptors (Lipinski definition) is 7. The monoisotopic (exact) mass is 372 g/mol. The Hall–Kier alpha value is -3.68. The lowest BCUT2D eigenvalue weighted by Gasteiger charge is -2.18. The van der Waals surface area contributed by atoms with E-state index < -0.39 is 24.0 Å². The van der Waals surface area contributed by atoms with Crippen molar-refractivity contribution >= 4 is 18.0 Å². The Labute approximate surface area is 153 Å². The molecule has 0 saturated heterocycles. The Bertz CT molecular complexity index is 947. The lowest BCUT2D eigenvalue weighted by molar-refractivity contribution is -0.144. The Kier molecular flexibility index (Phi) is 4.64. The van der Waals surface area contributed by atoms with Gasteiger partial charge in [0.15, 0.2) is 23.0 Å². The molecular formula is C19H16O8. The average Bonchev–Trinajstić information content (AvgIpc) is 3.01. The lowest BCUT2D eigenvalue weighted by Crippen LogP contribution is -2.20. The van der Waals surface area contributed by atoms with E-state index in [1.54, 1.807) is 0 Å². The van der Waals surface area contributed by atoms with Crippen molar-refractivity contribution in [3.05, 3.63) is 53.1 Å². The van der Waals surface area contributed by atoms with Gasteiger partial charge in [0, 0.05) is 11.6 Å². The Morgan fingerprint density at radius 2 is 1.81 bits per heavy atom. The van der Waals surface area contributed by atoms with Crippen molar-refractivity contribution in [3.8, 4) is 23.0 Å². The summed E-state index contributed by atoms with van der Waals surface area (Å²) in [5, 5.41) is 38.3. The number of carbonyl (C=O) groups excluding carboxylic acids is 1. The molecule has 4 N–H and O–H groups in total. The number of phenols is 3. The molecule has 2 unspecified atom stereocenters. The van der Waals surface area contributed by atoms with Crippen LogP contribution in [0.4, 0.5) is 0 Å². The number of hydrogen-bond donors (Lipinski definition) is 4. The number of carboxylic acids is 1. The molecule has 2 aromatic rings. The fourth-order valence-electron chi connectivity index (χ4n) is 2.99. The first-order valence-corrected chi connectivity index (χ1v) is 7.86. The minimum Gasteiger partial charge on any atom is -0.504 e. The number of carbonyl (C=O) groups is 2. The van der Waals surface area contributed by atoms with Crippen molar-refractivity contribution in [1.29, 1.82) is 0 Å². The predicted octanol–water partition coefficient (Wildman–Crippen LogP) is 2.29. The summed E-state index contributed by atoms with van der Waals surface area (Å²) in [6.07, 6.45) is 1.26. The SMILES string of the molecule is COC(=O)C1c2cc(/C=C/C(=O)O)cc(O)c2OC1c1ccc(O)c(O)c1. The molecule has 0 spiro atoms. The molecule has 0 aliphatic carbocycles. The Balaban J connectivity index is 2.10. The highest BCUT2D eigenvalue weighted by Crippen LogP contribution is 2.51. The van der Waals surface area contributed by atoms with Crippen LogP contribution in [0, 0.1) is 0 Å². The number of ether oxygens (including phenoxy) is 2. The van der Waals surface area contributed by atoms with Crippen LogP contribution in [0.15, 0.2) is 36.4 Å². The minimum absolute atomic E-state index is 0.0652. The molecule has 8 heteroatoms. The molecule has 27 heavy (non-hydrogen) atoms. The molecule has 0 saturated carbocycles. The van der Waals surface area contributed by atoms with E-state index in [1.165, 1.54) is 43.5 Å². The van der Waals surface area contributed by atoms with Crippen molar-refractivity contribution in [2.45, 2.75) is 12.0 Å². The van der Waals surface area contributed by atoms with Crippen LogP contribution < -0.4 is 4.74 Å². The number of carboxylic acid groups (broad SMARTS) is 1. The van der Waals surface area contributed by atoms with E-state index in [0.717, 1.165) is 6.08 Å². The van der Waals surface area contributed by atoms with Gasteiger partial charge in [0.1, 0.15) is 12.0 Å². The number of esters is 1. The molecule has 140 valence electrons. The van der Waals surface area contributed by atoms with Gasteiger partial charge >= 0.3 is 11.9 Å². The summed E-state index contributed by atoms with van der Waals surface area (Å²) < 4.78 is 10.6. The number of aromatic hydroxyl groups is 3. The highest BCUT2D eigenvalue weighted by Gasteiger charge is 2.43. The van der Waals surface area contributed by atoms with Crippen molar-refractivity contribution in [2.75, 3.05) is 7.11 Å². The third kappa shape index (κ3) is 3.37. The van der Waals surface area contributed by atoms with Gasteiger partial charge in [-0.2, -0.15) is 0 Å². The van der Waals surface area contributed by atoms with Gasteiger partial charge in [0.2, 0.25) is 0 Å². The maximum Gasteiger partial charge on any atom is 0.328 e. The van der Waals surface area contributed by atoms with E-state index in [0.29, 0.717) is 16.7 Å². The third-order valence-electron chi connectivity index (χ3n) is 4.20. The summed E-state index contributed by atoms with van der Waals surface area (Å²) in [4.78, 5) is 23.1. The average molecular weight is 372 g/mol. The molecule has 0 fully saturated rings. The van der Waals surface area contributed by atoms with Gasteiger partial charge in [-0.05, 0) is 41.5 Å². The molecular weight excluding hydrogens is 356 g/mol. The zero-order valence-electron chi connectivity index (χ0n) is 14.1. The third-order valence-corrected chi connectivity index (χ3v) is 4.20. The number of benzene rings is 2. The first kappa shape index (κ1) is 18.1. The summed E-state index contributed by atoms with van der Waals surface area (Å²) in [5.74, 6) is -3.67. The number of rotatable bonds is 4. The molecule has 3 rings (SSSR count). The highest BCUT2D eigenvalue weighted by atomic mass is 16.5. The lowest BCUT2D eigenvalue weighted by atomic mass is 9.90. The van der Waals surface area contributed by atoms with Gasteiger partial charge in [-0.3, -0.25) is 4.79 Å². The van der Waals surface area contributed by atoms with E-state index >= 15 is 0 Å². The molecule has 2 aromatic carbocycles. The number of fused-ring (bicyclic) bond motifs is 1. The van der Waals surface area contributed by atoms with Gasteiger partial charge in [0.05, 0.1) is 7.11 Å². The fraction of sp³-hybridized carbons (Fsp3) is 0.158. The molecule has 0 bridgehead atoms. The van der Waals surface area contributed by atoms with Gasteiger partial charge in [-0.15, -0.1) is 0 Å². The largest absolute Gasteiger partial charge is 0.504 e. The van der Waals surface area contributed by atoms with Crippen molar-refractivity contribution < 1.29 is 39.5 Å². The van der Waals surface area contributed by atoms with Crippen LogP contribution in [0.25, 0.3) is 6.08 Å². The molecule has 0 radical (unpaired) electrons. The minimum atomic E-state index is -1.16. The smallest absolute Gasteiger partial charge is 0.328 e. The molecule has 1 aliphatic rings. The Morgan fingerprint density at radius 1 is 1.07 bits per heavy atom. The number of aliphatic carboxylic acids is 1. The van der Waals surface area contributed by atoms with Gasteiger partial charge in [-0.1, -0.05) is 6.07 Å². The van der Waals surface area contributed by atoms with E-state index in [1.807, 2.05) is 0 Å². The van der Waals surface area contributed by atoms with Gasteiger partial charge in [0.25, 0.3) is 0 Å². The van der Waals surface area contributed by atoms with E-state index in [4.69, 9.17) is 14.6 Å². The highest BCUT2D eigenvalue weighted by molar-refractivity contribution is 5.86. The second-order valence-corrected chi connectivity index (χ2v) is 5.92. The number of phenolic OH excluding ortho intramolecular Hbond substituents is 3. The van der Waals surface area contributed by atoms with Gasteiger partial charge < -0.3 is 29.9 Å². The van der Waals surface area contributed by atoms with Crippen LogP contribution in [0.1, 0.15) is 28.7 Å². The topological polar surface area (TPSA) is 134 Å².